The van der Waals surface area contributed by atoms with Crippen molar-refractivity contribution in [3.63, 3.8) is 0 Å². The number of benzene rings is 4. The highest BCUT2D eigenvalue weighted by atomic mass is 16.7. The van der Waals surface area contributed by atoms with E-state index in [1.165, 1.54) is 0 Å². The first-order valence-corrected chi connectivity index (χ1v) is 16.8. The van der Waals surface area contributed by atoms with Crippen molar-refractivity contribution in [2.45, 2.75) is 63.4 Å². The number of aliphatic hydroxyl groups is 2. The Kier molecular flexibility index (Phi) is 13.0. The van der Waals surface area contributed by atoms with E-state index >= 15 is 0 Å². The van der Waals surface area contributed by atoms with E-state index in [-0.39, 0.29) is 49.2 Å². The van der Waals surface area contributed by atoms with Crippen LogP contribution in [0, 0.1) is 0 Å². The van der Waals surface area contributed by atoms with Crippen molar-refractivity contribution in [3.05, 3.63) is 125 Å². The summed E-state index contributed by atoms with van der Waals surface area (Å²) in [6.07, 6.45) is -0.480. The summed E-state index contributed by atoms with van der Waals surface area (Å²) in [7, 11) is 1.92. The average Bonchev–Trinajstić information content (AvgIpc) is 3.11. The van der Waals surface area contributed by atoms with Gasteiger partial charge in [-0.2, -0.15) is 0 Å². The molecule has 11 heteroatoms. The maximum atomic E-state index is 12.5. The first-order valence-electron chi connectivity index (χ1n) is 16.8. The molecule has 1 heterocycles. The van der Waals surface area contributed by atoms with Crippen LogP contribution in [0.25, 0.3) is 0 Å². The summed E-state index contributed by atoms with van der Waals surface area (Å²) < 4.78 is 12.9. The number of nitrogen functional groups attached to an aromatic ring is 1. The number of nitrogens with one attached hydrogen (secondary N) is 2. The third-order valence-corrected chi connectivity index (χ3v) is 8.65. The quantitative estimate of drug-likeness (QED) is 0.0936. The predicted octanol–water partition coefficient (Wildman–Crippen LogP) is 5.10. The van der Waals surface area contributed by atoms with Gasteiger partial charge < -0.3 is 46.1 Å². The van der Waals surface area contributed by atoms with E-state index in [4.69, 9.17) is 15.2 Å². The summed E-state index contributed by atoms with van der Waals surface area (Å²) in [4.78, 5) is 26.7. The number of aromatic hydroxyl groups is 1. The lowest BCUT2D eigenvalue weighted by atomic mass is 9.99. The SMILES string of the molecule is CN(C[C@@H]1C[C@H](c2ccc(CO)cc2)O[C@H](c2ccc(CNC(=O)CCCC(=O)Nc3ccccc3N)cc2)O1)C[C@@H](O)c1cccc(O)c1. The average molecular weight is 683 g/mol. The van der Waals surface area contributed by atoms with Gasteiger partial charge in [-0.15, -0.1) is 0 Å². The minimum Gasteiger partial charge on any atom is -0.508 e. The molecule has 4 aromatic carbocycles. The molecule has 2 amide bonds. The number of ether oxygens (including phenoxy) is 2. The molecule has 0 aromatic heterocycles. The van der Waals surface area contributed by atoms with Crippen molar-refractivity contribution in [1.29, 1.82) is 0 Å². The molecule has 1 aliphatic rings. The predicted molar refractivity (Wildman–Crippen MR) is 191 cm³/mol. The highest BCUT2D eigenvalue weighted by molar-refractivity contribution is 5.93. The summed E-state index contributed by atoms with van der Waals surface area (Å²) in [5.41, 5.74) is 11.1. The first kappa shape index (κ1) is 36.5. The van der Waals surface area contributed by atoms with Gasteiger partial charge in [0.05, 0.1) is 36.3 Å². The monoisotopic (exact) mass is 682 g/mol. The number of aliphatic hydroxyl groups excluding tert-OH is 2. The third kappa shape index (κ3) is 10.6. The van der Waals surface area contributed by atoms with Gasteiger partial charge >= 0.3 is 0 Å². The number of hydrogen-bond donors (Lipinski definition) is 6. The van der Waals surface area contributed by atoms with Crippen LogP contribution in [-0.4, -0.2) is 58.3 Å². The molecule has 1 saturated heterocycles. The minimum atomic E-state index is -0.781. The Balaban J connectivity index is 1.15. The Labute approximate surface area is 292 Å². The summed E-state index contributed by atoms with van der Waals surface area (Å²) in [5, 5.41) is 35.8. The molecular formula is C39H46N4O7. The molecule has 5 rings (SSSR count). The summed E-state index contributed by atoms with van der Waals surface area (Å²) in [6.45, 7) is 1.18. The number of para-hydroxylation sites is 2. The molecular weight excluding hydrogens is 636 g/mol. The smallest absolute Gasteiger partial charge is 0.224 e. The number of nitrogens with zero attached hydrogens (tertiary/aromatic N) is 1. The fourth-order valence-electron chi connectivity index (χ4n) is 5.90. The molecule has 264 valence electrons. The van der Waals surface area contributed by atoms with Crippen molar-refractivity contribution in [2.75, 3.05) is 31.2 Å². The lowest BCUT2D eigenvalue weighted by Gasteiger charge is -2.38. The lowest BCUT2D eigenvalue weighted by molar-refractivity contribution is -0.252. The Morgan fingerprint density at radius 3 is 2.32 bits per heavy atom. The van der Waals surface area contributed by atoms with Gasteiger partial charge in [-0.1, -0.05) is 72.8 Å². The number of carbonyl (C=O) groups excluding carboxylic acids is 2. The summed E-state index contributed by atoms with van der Waals surface area (Å²) in [6, 6.07) is 29.1. The van der Waals surface area contributed by atoms with E-state index in [9.17, 15) is 24.9 Å². The van der Waals surface area contributed by atoms with Gasteiger partial charge in [0.2, 0.25) is 11.8 Å². The zero-order valence-electron chi connectivity index (χ0n) is 28.2. The van der Waals surface area contributed by atoms with Gasteiger partial charge in [-0.25, -0.2) is 0 Å². The second-order valence-electron chi connectivity index (χ2n) is 12.7. The molecule has 0 aliphatic carbocycles. The Bertz CT molecular complexity index is 1700. The van der Waals surface area contributed by atoms with Gasteiger partial charge in [-0.05, 0) is 60.0 Å². The largest absolute Gasteiger partial charge is 0.508 e. The van der Waals surface area contributed by atoms with Gasteiger partial charge in [0.1, 0.15) is 5.75 Å². The number of hydrogen-bond acceptors (Lipinski definition) is 9. The highest BCUT2D eigenvalue weighted by Gasteiger charge is 2.33. The van der Waals surface area contributed by atoms with E-state index in [2.05, 4.69) is 10.6 Å². The van der Waals surface area contributed by atoms with Gasteiger partial charge in [0.25, 0.3) is 0 Å². The molecule has 4 aromatic rings. The van der Waals surface area contributed by atoms with Crippen molar-refractivity contribution in [3.8, 4) is 5.75 Å². The highest BCUT2D eigenvalue weighted by Crippen LogP contribution is 2.38. The Morgan fingerprint density at radius 1 is 0.900 bits per heavy atom. The van der Waals surface area contributed by atoms with Gasteiger partial charge in [0, 0.05) is 44.5 Å². The van der Waals surface area contributed by atoms with Crippen LogP contribution < -0.4 is 16.4 Å². The standard InChI is InChI=1S/C39H46N4O7/c1-43(24-35(46)30-6-4-7-31(45)20-30)23-32-21-36(28-16-14-27(25-44)15-17-28)50-39(49-32)29-18-12-26(13-19-29)22-41-37(47)10-5-11-38(48)42-34-9-3-2-8-33(34)40/h2-4,6-9,12-20,32,35-36,39,44-46H,5,10-11,21-25,40H2,1H3,(H,41,47)(H,42,48)/t32-,35+,36+,39+/m0/s1. The first-order chi connectivity index (χ1) is 24.2. The van der Waals surface area contributed by atoms with Crippen LogP contribution in [0.2, 0.25) is 0 Å². The topological polar surface area (TPSA) is 167 Å². The molecule has 1 fully saturated rings. The minimum absolute atomic E-state index is 0.0406. The van der Waals surface area contributed by atoms with E-state index in [1.807, 2.05) is 60.5 Å². The second kappa shape index (κ2) is 17.7. The van der Waals surface area contributed by atoms with Crippen LogP contribution in [0.5, 0.6) is 5.75 Å². The second-order valence-corrected chi connectivity index (χ2v) is 12.7. The van der Waals surface area contributed by atoms with Gasteiger partial charge in [0.15, 0.2) is 6.29 Å². The molecule has 11 nitrogen and oxygen atoms in total. The third-order valence-electron chi connectivity index (χ3n) is 8.65. The fourth-order valence-corrected chi connectivity index (χ4v) is 5.90. The van der Waals surface area contributed by atoms with Crippen LogP contribution >= 0.6 is 0 Å². The van der Waals surface area contributed by atoms with E-state index in [0.717, 1.165) is 22.3 Å². The van der Waals surface area contributed by atoms with Crippen LogP contribution in [0.15, 0.2) is 97.1 Å². The zero-order valence-corrected chi connectivity index (χ0v) is 28.2. The number of phenolic OH excluding ortho intramolecular Hbond substituents is 1. The number of anilines is 2. The number of phenols is 1. The molecule has 0 radical (unpaired) electrons. The molecule has 4 atom stereocenters. The van der Waals surface area contributed by atoms with Crippen molar-refractivity contribution >= 4 is 23.2 Å². The Hall–Kier alpha value is -4.78. The van der Waals surface area contributed by atoms with Crippen molar-refractivity contribution in [1.82, 2.24) is 10.2 Å². The number of likely N-dealkylation sites (N-methyl/N-ethyl adjacent to an activating group) is 1. The normalized spacial score (nSPS) is 18.0. The van der Waals surface area contributed by atoms with Crippen molar-refractivity contribution in [2.24, 2.45) is 0 Å². The number of amides is 2. The molecule has 0 unspecified atom stereocenters. The molecule has 0 spiro atoms. The molecule has 0 bridgehead atoms. The fraction of sp³-hybridized carbons (Fsp3) is 0.333. The summed E-state index contributed by atoms with van der Waals surface area (Å²) in [5.74, 6) is -0.227. The lowest BCUT2D eigenvalue weighted by Crippen LogP contribution is -2.39. The Morgan fingerprint density at radius 2 is 1.60 bits per heavy atom. The van der Waals surface area contributed by atoms with Crippen molar-refractivity contribution < 1.29 is 34.4 Å². The summed E-state index contributed by atoms with van der Waals surface area (Å²) >= 11 is 0. The van der Waals surface area contributed by atoms with E-state index < -0.39 is 12.4 Å². The van der Waals surface area contributed by atoms with Crippen LogP contribution in [0.1, 0.15) is 72.0 Å². The zero-order chi connectivity index (χ0) is 35.5. The van der Waals surface area contributed by atoms with Gasteiger partial charge in [-0.3, -0.25) is 9.59 Å². The van der Waals surface area contributed by atoms with E-state index in [0.29, 0.717) is 49.4 Å². The molecule has 50 heavy (non-hydrogen) atoms. The molecule has 1 aliphatic heterocycles. The number of rotatable bonds is 15. The van der Waals surface area contributed by atoms with Crippen LogP contribution in [0.3, 0.4) is 0 Å². The molecule has 7 N–H and O–H groups in total. The van der Waals surface area contributed by atoms with E-state index in [1.54, 1.807) is 48.5 Å². The molecule has 0 saturated carbocycles. The van der Waals surface area contributed by atoms with Crippen LogP contribution in [-0.2, 0) is 32.2 Å². The maximum Gasteiger partial charge on any atom is 0.224 e. The number of carbonyl (C=O) groups is 2. The maximum absolute atomic E-state index is 12.5. The number of nitrogens with two attached hydrogens (primary N) is 1. The van der Waals surface area contributed by atoms with Crippen LogP contribution in [0.4, 0.5) is 11.4 Å².